The van der Waals surface area contributed by atoms with Crippen LogP contribution in [0.15, 0.2) is 0 Å². The Morgan fingerprint density at radius 1 is 1.67 bits per heavy atom. The van der Waals surface area contributed by atoms with E-state index in [9.17, 15) is 4.79 Å². The lowest BCUT2D eigenvalue weighted by Crippen LogP contribution is -2.38. The van der Waals surface area contributed by atoms with E-state index >= 15 is 0 Å². The van der Waals surface area contributed by atoms with Gasteiger partial charge < -0.3 is 10.2 Å². The average molecular weight is 188 g/mol. The van der Waals surface area contributed by atoms with Crippen molar-refractivity contribution in [1.82, 2.24) is 10.2 Å². The maximum absolute atomic E-state index is 11.2. The first-order chi connectivity index (χ1) is 5.70. The van der Waals surface area contributed by atoms with Crippen LogP contribution in [0.5, 0.6) is 0 Å². The molecular formula is C8H16N2OS. The Morgan fingerprint density at radius 3 is 2.92 bits per heavy atom. The molecule has 1 atom stereocenters. The normalized spacial score (nSPS) is 22.7. The number of carbonyl (C=O) groups excluding carboxylic acids is 1. The predicted octanol–water partition coefficient (Wildman–Crippen LogP) is 0.170. The van der Waals surface area contributed by atoms with E-state index in [1.54, 1.807) is 19.0 Å². The molecule has 12 heavy (non-hydrogen) atoms. The van der Waals surface area contributed by atoms with Gasteiger partial charge in [0.1, 0.15) is 0 Å². The highest BCUT2D eigenvalue weighted by molar-refractivity contribution is 7.99. The molecule has 1 rings (SSSR count). The van der Waals surface area contributed by atoms with Gasteiger partial charge in [-0.05, 0) is 12.2 Å². The van der Waals surface area contributed by atoms with Crippen molar-refractivity contribution in [3.63, 3.8) is 0 Å². The van der Waals surface area contributed by atoms with E-state index in [-0.39, 0.29) is 5.91 Å². The summed E-state index contributed by atoms with van der Waals surface area (Å²) in [6.07, 6.45) is 1.20. The fourth-order valence-corrected chi connectivity index (χ4v) is 2.27. The average Bonchev–Trinajstić information content (AvgIpc) is 2.51. The number of thioether (sulfide) groups is 1. The maximum Gasteiger partial charge on any atom is 0.236 e. The van der Waals surface area contributed by atoms with Gasteiger partial charge in [-0.1, -0.05) is 0 Å². The summed E-state index contributed by atoms with van der Waals surface area (Å²) >= 11 is 1.95. The molecule has 1 heterocycles. The van der Waals surface area contributed by atoms with Gasteiger partial charge in [0.15, 0.2) is 0 Å². The van der Waals surface area contributed by atoms with Gasteiger partial charge in [0, 0.05) is 25.9 Å². The summed E-state index contributed by atoms with van der Waals surface area (Å²) in [7, 11) is 3.57. The third kappa shape index (κ3) is 3.03. The molecule has 1 aliphatic rings. The van der Waals surface area contributed by atoms with Crippen molar-refractivity contribution >= 4 is 17.7 Å². The molecule has 4 heteroatoms. The topological polar surface area (TPSA) is 32.3 Å². The number of hydrogen-bond acceptors (Lipinski definition) is 3. The van der Waals surface area contributed by atoms with E-state index in [2.05, 4.69) is 5.32 Å². The zero-order chi connectivity index (χ0) is 8.97. The molecule has 0 bridgehead atoms. The van der Waals surface area contributed by atoms with E-state index in [0.29, 0.717) is 12.6 Å². The molecule has 1 N–H and O–H groups in total. The summed E-state index contributed by atoms with van der Waals surface area (Å²) in [6.45, 7) is 0.484. The second kappa shape index (κ2) is 4.72. The molecule has 70 valence electrons. The highest BCUT2D eigenvalue weighted by Crippen LogP contribution is 2.16. The molecule has 0 spiro atoms. The van der Waals surface area contributed by atoms with Crippen LogP contribution in [0, 0.1) is 0 Å². The molecule has 0 saturated carbocycles. The molecule has 3 nitrogen and oxygen atoms in total. The molecule has 1 aliphatic heterocycles. The third-order valence-electron chi connectivity index (χ3n) is 1.97. The number of likely N-dealkylation sites (N-methyl/N-ethyl adjacent to an activating group) is 1. The minimum atomic E-state index is 0.159. The Labute approximate surface area is 77.9 Å². The number of carbonyl (C=O) groups is 1. The lowest BCUT2D eigenvalue weighted by molar-refractivity contribution is -0.127. The number of rotatable bonds is 3. The van der Waals surface area contributed by atoms with Gasteiger partial charge in [-0.3, -0.25) is 4.79 Å². The molecule has 0 aromatic rings. The molecule has 1 amide bonds. The number of amides is 1. The Kier molecular flexibility index (Phi) is 3.88. The van der Waals surface area contributed by atoms with E-state index in [4.69, 9.17) is 0 Å². The van der Waals surface area contributed by atoms with Gasteiger partial charge >= 0.3 is 0 Å². The van der Waals surface area contributed by atoms with Crippen LogP contribution in [-0.2, 0) is 4.79 Å². The zero-order valence-electron chi connectivity index (χ0n) is 7.67. The molecule has 0 unspecified atom stereocenters. The van der Waals surface area contributed by atoms with Crippen molar-refractivity contribution < 1.29 is 4.79 Å². The lowest BCUT2D eigenvalue weighted by Gasteiger charge is -2.14. The standard InChI is InChI=1S/C8H16N2OS/c1-10(2)8(11)5-9-7-3-4-12-6-7/h7,9H,3-6H2,1-2H3/t7-/m0/s1. The van der Waals surface area contributed by atoms with E-state index in [0.717, 1.165) is 5.75 Å². The van der Waals surface area contributed by atoms with Crippen LogP contribution in [0.25, 0.3) is 0 Å². The van der Waals surface area contributed by atoms with Crippen LogP contribution in [0.2, 0.25) is 0 Å². The molecule has 0 radical (unpaired) electrons. The highest BCUT2D eigenvalue weighted by atomic mass is 32.2. The molecule has 0 aromatic carbocycles. The van der Waals surface area contributed by atoms with Gasteiger partial charge in [-0.25, -0.2) is 0 Å². The van der Waals surface area contributed by atoms with Crippen LogP contribution in [0.3, 0.4) is 0 Å². The lowest BCUT2D eigenvalue weighted by atomic mass is 10.2. The second-order valence-electron chi connectivity index (χ2n) is 3.23. The molecule has 1 saturated heterocycles. The quantitative estimate of drug-likeness (QED) is 0.685. The van der Waals surface area contributed by atoms with Crippen LogP contribution < -0.4 is 5.32 Å². The Hall–Kier alpha value is -0.220. The first-order valence-corrected chi connectivity index (χ1v) is 5.37. The fraction of sp³-hybridized carbons (Fsp3) is 0.875. The maximum atomic E-state index is 11.2. The number of nitrogens with one attached hydrogen (secondary N) is 1. The molecule has 0 aliphatic carbocycles. The summed E-state index contributed by atoms with van der Waals surface area (Å²) in [5, 5.41) is 3.25. The molecule has 0 aromatic heterocycles. The van der Waals surface area contributed by atoms with Crippen molar-refractivity contribution in [2.75, 3.05) is 32.1 Å². The van der Waals surface area contributed by atoms with Crippen LogP contribution in [0.4, 0.5) is 0 Å². The van der Waals surface area contributed by atoms with E-state index in [1.165, 1.54) is 12.2 Å². The number of hydrogen-bond donors (Lipinski definition) is 1. The molecule has 1 fully saturated rings. The predicted molar refractivity (Wildman–Crippen MR) is 52.4 cm³/mol. The van der Waals surface area contributed by atoms with Crippen molar-refractivity contribution in [2.45, 2.75) is 12.5 Å². The van der Waals surface area contributed by atoms with Crippen molar-refractivity contribution in [3.8, 4) is 0 Å². The summed E-state index contributed by atoms with van der Waals surface area (Å²) in [4.78, 5) is 12.8. The SMILES string of the molecule is CN(C)C(=O)CN[C@H]1CCSC1. The van der Waals surface area contributed by atoms with Gasteiger partial charge in [-0.15, -0.1) is 0 Å². The van der Waals surface area contributed by atoms with Gasteiger partial charge in [-0.2, -0.15) is 11.8 Å². The zero-order valence-corrected chi connectivity index (χ0v) is 8.49. The summed E-state index contributed by atoms with van der Waals surface area (Å²) in [5.74, 6) is 2.54. The smallest absolute Gasteiger partial charge is 0.236 e. The Bertz CT molecular complexity index is 155. The minimum Gasteiger partial charge on any atom is -0.348 e. The van der Waals surface area contributed by atoms with Gasteiger partial charge in [0.25, 0.3) is 0 Å². The fourth-order valence-electron chi connectivity index (χ4n) is 1.09. The van der Waals surface area contributed by atoms with E-state index < -0.39 is 0 Å². The van der Waals surface area contributed by atoms with Crippen LogP contribution in [0.1, 0.15) is 6.42 Å². The van der Waals surface area contributed by atoms with Crippen LogP contribution >= 0.6 is 11.8 Å². The summed E-state index contributed by atoms with van der Waals surface area (Å²) in [5.41, 5.74) is 0. The van der Waals surface area contributed by atoms with E-state index in [1.807, 2.05) is 11.8 Å². The van der Waals surface area contributed by atoms with Crippen molar-refractivity contribution in [3.05, 3.63) is 0 Å². The molecular weight excluding hydrogens is 172 g/mol. The summed E-state index contributed by atoms with van der Waals surface area (Å²) < 4.78 is 0. The summed E-state index contributed by atoms with van der Waals surface area (Å²) in [6, 6.07) is 0.555. The minimum absolute atomic E-state index is 0.159. The monoisotopic (exact) mass is 188 g/mol. The number of nitrogens with zero attached hydrogens (tertiary/aromatic N) is 1. The van der Waals surface area contributed by atoms with Crippen molar-refractivity contribution in [2.24, 2.45) is 0 Å². The Balaban J connectivity index is 2.12. The van der Waals surface area contributed by atoms with Gasteiger partial charge in [0.05, 0.1) is 6.54 Å². The first-order valence-electron chi connectivity index (χ1n) is 4.21. The first kappa shape index (κ1) is 9.86. The van der Waals surface area contributed by atoms with Crippen molar-refractivity contribution in [1.29, 1.82) is 0 Å². The highest BCUT2D eigenvalue weighted by Gasteiger charge is 2.15. The van der Waals surface area contributed by atoms with Crippen LogP contribution in [-0.4, -0.2) is 49.0 Å². The largest absolute Gasteiger partial charge is 0.348 e. The second-order valence-corrected chi connectivity index (χ2v) is 4.38. The third-order valence-corrected chi connectivity index (χ3v) is 3.13. The Morgan fingerprint density at radius 2 is 2.42 bits per heavy atom. The van der Waals surface area contributed by atoms with Gasteiger partial charge in [0.2, 0.25) is 5.91 Å².